The van der Waals surface area contributed by atoms with Crippen LogP contribution in [0.15, 0.2) is 102 Å². The van der Waals surface area contributed by atoms with E-state index in [4.69, 9.17) is 9.84 Å². The molecule has 0 aliphatic heterocycles. The number of carbonyl (C=O) groups is 5. The number of carboxylic acids is 2. The second-order valence-corrected chi connectivity index (χ2v) is 10.2. The van der Waals surface area contributed by atoms with Gasteiger partial charge in [0.1, 0.15) is 5.25 Å². The highest BCUT2D eigenvalue weighted by atomic mass is 32.2. The molecule has 2 amide bonds. The highest BCUT2D eigenvalue weighted by Crippen LogP contribution is 2.37. The molecule has 0 radical (unpaired) electrons. The van der Waals surface area contributed by atoms with E-state index in [0.717, 1.165) is 28.7 Å². The van der Waals surface area contributed by atoms with Gasteiger partial charge in [0.25, 0.3) is 5.91 Å². The summed E-state index contributed by atoms with van der Waals surface area (Å²) in [7, 11) is 0. The molecule has 0 aromatic heterocycles. The van der Waals surface area contributed by atoms with Crippen LogP contribution in [0.5, 0.6) is 0 Å². The summed E-state index contributed by atoms with van der Waals surface area (Å²) in [6, 6.07) is 25.5. The average Bonchev–Trinajstić information content (AvgIpc) is 3.01. The number of anilines is 2. The standard InChI is InChI=1S/C32H26N2O8S/c1-2-42-32(41)20-8-11-22(12-9-20)34-29(36)27(19-6-4-3-5-7-19)43-24-15-13-23(14-16-24)33-28(35)25-17-10-21(30(37)38)18-26(25)31(39)40/h3-18,27H,2H2,1H3,(H,33,35)(H,34,36)(H,37,38)(H,39,40). The largest absolute Gasteiger partial charge is 0.478 e. The lowest BCUT2D eigenvalue weighted by Crippen LogP contribution is -2.19. The van der Waals surface area contributed by atoms with Crippen molar-refractivity contribution in [3.63, 3.8) is 0 Å². The third-order valence-electron chi connectivity index (χ3n) is 6.11. The fourth-order valence-electron chi connectivity index (χ4n) is 4.02. The minimum Gasteiger partial charge on any atom is -0.478 e. The Balaban J connectivity index is 1.48. The molecule has 0 saturated heterocycles. The number of ether oxygens (including phenoxy) is 1. The summed E-state index contributed by atoms with van der Waals surface area (Å²) in [5, 5.41) is 23.5. The van der Waals surface area contributed by atoms with Gasteiger partial charge in [0, 0.05) is 16.3 Å². The molecule has 0 bridgehead atoms. The van der Waals surface area contributed by atoms with Crippen molar-refractivity contribution in [2.45, 2.75) is 17.1 Å². The molecule has 43 heavy (non-hydrogen) atoms. The second kappa shape index (κ2) is 14.0. The topological polar surface area (TPSA) is 159 Å². The lowest BCUT2D eigenvalue weighted by atomic mass is 10.0. The third kappa shape index (κ3) is 7.86. The average molecular weight is 599 g/mol. The van der Waals surface area contributed by atoms with Crippen molar-refractivity contribution >= 4 is 52.9 Å². The fourth-order valence-corrected chi connectivity index (χ4v) is 5.04. The van der Waals surface area contributed by atoms with Gasteiger partial charge in [0.15, 0.2) is 0 Å². The first kappa shape index (κ1) is 30.5. The van der Waals surface area contributed by atoms with Crippen LogP contribution >= 0.6 is 11.8 Å². The van der Waals surface area contributed by atoms with Gasteiger partial charge in [0.2, 0.25) is 5.91 Å². The van der Waals surface area contributed by atoms with Crippen LogP contribution in [-0.4, -0.2) is 46.5 Å². The van der Waals surface area contributed by atoms with Gasteiger partial charge in [-0.2, -0.15) is 0 Å². The van der Waals surface area contributed by atoms with E-state index in [2.05, 4.69) is 10.6 Å². The summed E-state index contributed by atoms with van der Waals surface area (Å²) in [5.41, 5.74) is 1.14. The Kier molecular flexibility index (Phi) is 9.92. The predicted molar refractivity (Wildman–Crippen MR) is 161 cm³/mol. The molecule has 0 aliphatic carbocycles. The Labute approximate surface area is 250 Å². The first-order chi connectivity index (χ1) is 20.7. The molecule has 4 rings (SSSR count). The van der Waals surface area contributed by atoms with Gasteiger partial charge in [-0.25, -0.2) is 14.4 Å². The van der Waals surface area contributed by atoms with Crippen LogP contribution in [-0.2, 0) is 9.53 Å². The molecular weight excluding hydrogens is 572 g/mol. The maximum Gasteiger partial charge on any atom is 0.338 e. The van der Waals surface area contributed by atoms with Gasteiger partial charge in [-0.1, -0.05) is 30.3 Å². The van der Waals surface area contributed by atoms with Gasteiger partial charge in [-0.3, -0.25) is 9.59 Å². The molecule has 0 aliphatic rings. The van der Waals surface area contributed by atoms with E-state index >= 15 is 0 Å². The van der Waals surface area contributed by atoms with Crippen molar-refractivity contribution in [3.05, 3.63) is 125 Å². The zero-order chi connectivity index (χ0) is 30.9. The van der Waals surface area contributed by atoms with E-state index in [9.17, 15) is 29.1 Å². The second-order valence-electron chi connectivity index (χ2n) is 9.04. The van der Waals surface area contributed by atoms with Crippen LogP contribution in [0.1, 0.15) is 59.2 Å². The zero-order valence-electron chi connectivity index (χ0n) is 22.8. The minimum absolute atomic E-state index is 0.188. The van der Waals surface area contributed by atoms with Gasteiger partial charge in [-0.05, 0) is 79.2 Å². The van der Waals surface area contributed by atoms with E-state index in [-0.39, 0.29) is 23.6 Å². The zero-order valence-corrected chi connectivity index (χ0v) is 23.6. The number of esters is 1. The Morgan fingerprint density at radius 2 is 1.33 bits per heavy atom. The van der Waals surface area contributed by atoms with E-state index in [1.807, 2.05) is 30.3 Å². The summed E-state index contributed by atoms with van der Waals surface area (Å²) in [5.74, 6) is -4.19. The Hall–Kier alpha value is -5.42. The Morgan fingerprint density at radius 1 is 0.721 bits per heavy atom. The number of aromatic carboxylic acids is 2. The van der Waals surface area contributed by atoms with Gasteiger partial charge < -0.3 is 25.6 Å². The number of carboxylic acid groups (broad SMARTS) is 2. The van der Waals surface area contributed by atoms with Crippen molar-refractivity contribution in [2.75, 3.05) is 17.2 Å². The molecule has 0 spiro atoms. The Bertz CT molecular complexity index is 1660. The number of hydrogen-bond acceptors (Lipinski definition) is 7. The molecule has 4 N–H and O–H groups in total. The molecule has 0 heterocycles. The number of nitrogens with one attached hydrogen (secondary N) is 2. The molecule has 218 valence electrons. The van der Waals surface area contributed by atoms with Gasteiger partial charge in [-0.15, -0.1) is 11.8 Å². The van der Waals surface area contributed by atoms with Gasteiger partial charge in [0.05, 0.1) is 28.9 Å². The summed E-state index contributed by atoms with van der Waals surface area (Å²) >= 11 is 1.29. The summed E-state index contributed by atoms with van der Waals surface area (Å²) in [6.07, 6.45) is 0. The minimum atomic E-state index is -1.43. The fraction of sp³-hybridized carbons (Fsp3) is 0.0938. The van der Waals surface area contributed by atoms with Crippen LogP contribution in [0.4, 0.5) is 11.4 Å². The predicted octanol–water partition coefficient (Wildman–Crippen LogP) is 5.98. The molecule has 1 unspecified atom stereocenters. The lowest BCUT2D eigenvalue weighted by molar-refractivity contribution is -0.115. The van der Waals surface area contributed by atoms with Crippen molar-refractivity contribution in [2.24, 2.45) is 0 Å². The molecule has 4 aromatic rings. The van der Waals surface area contributed by atoms with Gasteiger partial charge >= 0.3 is 17.9 Å². The SMILES string of the molecule is CCOC(=O)c1ccc(NC(=O)C(Sc2ccc(NC(=O)c3ccc(C(=O)O)cc3C(=O)O)cc2)c2ccccc2)cc1. The Morgan fingerprint density at radius 3 is 1.93 bits per heavy atom. The highest BCUT2D eigenvalue weighted by Gasteiger charge is 2.23. The molecule has 1 atom stereocenters. The molecule has 4 aromatic carbocycles. The maximum absolute atomic E-state index is 13.4. The molecule has 0 saturated carbocycles. The number of rotatable bonds is 11. The van der Waals surface area contributed by atoms with Crippen LogP contribution in [0, 0.1) is 0 Å². The number of hydrogen-bond donors (Lipinski definition) is 4. The number of benzene rings is 4. The number of thioether (sulfide) groups is 1. The van der Waals surface area contributed by atoms with Crippen molar-refractivity contribution in [1.29, 1.82) is 0 Å². The first-order valence-corrected chi connectivity index (χ1v) is 13.9. The van der Waals surface area contributed by atoms with E-state index in [0.29, 0.717) is 16.9 Å². The normalized spacial score (nSPS) is 11.2. The first-order valence-electron chi connectivity index (χ1n) is 13.0. The number of amides is 2. The highest BCUT2D eigenvalue weighted by molar-refractivity contribution is 8.00. The summed E-state index contributed by atoms with van der Waals surface area (Å²) in [6.45, 7) is 1.98. The van der Waals surface area contributed by atoms with Crippen molar-refractivity contribution in [1.82, 2.24) is 0 Å². The quantitative estimate of drug-likeness (QED) is 0.120. The summed E-state index contributed by atoms with van der Waals surface area (Å²) in [4.78, 5) is 61.7. The lowest BCUT2D eigenvalue weighted by Gasteiger charge is -2.17. The van der Waals surface area contributed by atoms with E-state index < -0.39 is 34.6 Å². The van der Waals surface area contributed by atoms with Crippen LogP contribution in [0.2, 0.25) is 0 Å². The molecule has 10 nitrogen and oxygen atoms in total. The van der Waals surface area contributed by atoms with E-state index in [1.54, 1.807) is 55.5 Å². The molecular formula is C32H26N2O8S. The summed E-state index contributed by atoms with van der Waals surface area (Å²) < 4.78 is 4.99. The third-order valence-corrected chi connectivity index (χ3v) is 7.38. The van der Waals surface area contributed by atoms with Crippen LogP contribution < -0.4 is 10.6 Å². The van der Waals surface area contributed by atoms with Crippen LogP contribution in [0.25, 0.3) is 0 Å². The molecule has 11 heteroatoms. The van der Waals surface area contributed by atoms with Crippen molar-refractivity contribution < 1.29 is 38.9 Å². The van der Waals surface area contributed by atoms with Crippen LogP contribution in [0.3, 0.4) is 0 Å². The molecule has 0 fully saturated rings. The smallest absolute Gasteiger partial charge is 0.338 e. The van der Waals surface area contributed by atoms with Crippen molar-refractivity contribution in [3.8, 4) is 0 Å². The monoisotopic (exact) mass is 598 g/mol. The maximum atomic E-state index is 13.4. The number of carbonyl (C=O) groups excluding carboxylic acids is 3. The van der Waals surface area contributed by atoms with E-state index in [1.165, 1.54) is 11.8 Å².